The van der Waals surface area contributed by atoms with Crippen molar-refractivity contribution in [1.82, 2.24) is 9.88 Å². The van der Waals surface area contributed by atoms with E-state index < -0.39 is 24.1 Å². The Kier molecular flexibility index (Phi) is 9.06. The number of aromatic nitrogens is 1. The zero-order chi connectivity index (χ0) is 28.9. The van der Waals surface area contributed by atoms with E-state index in [2.05, 4.69) is 15.0 Å². The van der Waals surface area contributed by atoms with E-state index in [4.69, 9.17) is 4.74 Å². The van der Waals surface area contributed by atoms with Gasteiger partial charge in [0, 0.05) is 56.6 Å². The molecule has 1 aliphatic rings. The second-order valence-corrected chi connectivity index (χ2v) is 9.67. The van der Waals surface area contributed by atoms with Gasteiger partial charge in [-0.15, -0.1) is 13.2 Å². The third-order valence-corrected chi connectivity index (χ3v) is 6.63. The van der Waals surface area contributed by atoms with Gasteiger partial charge in [0.15, 0.2) is 11.5 Å². The standard InChI is InChI=1S/C29H31F3N4O4/c1-19(36-12-14-39-15-13-36)28(38)34-25-17-22(7-11-27(25)40-29(30,31)32)26(37)16-20-4-10-24(33-18-20)21-5-8-23(9-6-21)35(2)3/h4-11,17-19H,12-16H2,1-3H3,(H,34,38)/t19-/m1/s1. The highest BCUT2D eigenvalue weighted by atomic mass is 19.4. The van der Waals surface area contributed by atoms with Crippen molar-refractivity contribution in [3.05, 3.63) is 71.9 Å². The van der Waals surface area contributed by atoms with Crippen LogP contribution in [0.1, 0.15) is 22.8 Å². The number of carbonyl (C=O) groups is 2. The number of Topliss-reactive ketones (excluding diaryl/α,β-unsaturated/α-hetero) is 1. The lowest BCUT2D eigenvalue weighted by Gasteiger charge is -2.31. The van der Waals surface area contributed by atoms with E-state index >= 15 is 0 Å². The topological polar surface area (TPSA) is 84.0 Å². The largest absolute Gasteiger partial charge is 0.573 e. The summed E-state index contributed by atoms with van der Waals surface area (Å²) in [5, 5.41) is 2.51. The van der Waals surface area contributed by atoms with Crippen LogP contribution in [-0.2, 0) is 16.0 Å². The highest BCUT2D eigenvalue weighted by Crippen LogP contribution is 2.32. The number of halogens is 3. The van der Waals surface area contributed by atoms with E-state index in [0.29, 0.717) is 31.9 Å². The fourth-order valence-corrected chi connectivity index (χ4v) is 4.30. The van der Waals surface area contributed by atoms with Crippen molar-refractivity contribution in [1.29, 1.82) is 0 Å². The average Bonchev–Trinajstić information content (AvgIpc) is 2.93. The maximum atomic E-state index is 13.1. The molecule has 4 rings (SSSR count). The summed E-state index contributed by atoms with van der Waals surface area (Å²) in [7, 11) is 3.91. The molecule has 8 nitrogen and oxygen atoms in total. The summed E-state index contributed by atoms with van der Waals surface area (Å²) in [6.07, 6.45) is -3.40. The van der Waals surface area contributed by atoms with E-state index in [1.807, 2.05) is 54.2 Å². The van der Waals surface area contributed by atoms with Crippen LogP contribution in [0.4, 0.5) is 24.5 Å². The number of anilines is 2. The Morgan fingerprint density at radius 3 is 2.38 bits per heavy atom. The number of rotatable bonds is 9. The first-order valence-electron chi connectivity index (χ1n) is 12.8. The van der Waals surface area contributed by atoms with E-state index in [1.54, 1.807) is 19.2 Å². The molecule has 1 N–H and O–H groups in total. The van der Waals surface area contributed by atoms with Gasteiger partial charge >= 0.3 is 6.36 Å². The highest BCUT2D eigenvalue weighted by molar-refractivity contribution is 6.01. The molecule has 0 saturated carbocycles. The van der Waals surface area contributed by atoms with Crippen LogP contribution >= 0.6 is 0 Å². The van der Waals surface area contributed by atoms with Gasteiger partial charge in [-0.25, -0.2) is 0 Å². The van der Waals surface area contributed by atoms with Crippen molar-refractivity contribution < 1.29 is 32.2 Å². The van der Waals surface area contributed by atoms with Crippen LogP contribution in [0.15, 0.2) is 60.8 Å². The summed E-state index contributed by atoms with van der Waals surface area (Å²) >= 11 is 0. The Balaban J connectivity index is 1.49. The lowest BCUT2D eigenvalue weighted by molar-refractivity contribution is -0.274. The van der Waals surface area contributed by atoms with Crippen molar-refractivity contribution in [3.8, 4) is 17.0 Å². The molecule has 40 heavy (non-hydrogen) atoms. The first-order chi connectivity index (χ1) is 19.0. The van der Waals surface area contributed by atoms with E-state index in [-0.39, 0.29) is 23.5 Å². The van der Waals surface area contributed by atoms with E-state index in [1.165, 1.54) is 12.1 Å². The first-order valence-corrected chi connectivity index (χ1v) is 12.8. The molecule has 2 heterocycles. The number of carbonyl (C=O) groups excluding carboxylic acids is 2. The summed E-state index contributed by atoms with van der Waals surface area (Å²) in [5.74, 6) is -1.46. The molecule has 1 aromatic heterocycles. The number of pyridine rings is 1. The Morgan fingerprint density at radius 2 is 1.77 bits per heavy atom. The van der Waals surface area contributed by atoms with Crippen LogP contribution < -0.4 is 15.0 Å². The third-order valence-electron chi connectivity index (χ3n) is 6.63. The van der Waals surface area contributed by atoms with Gasteiger partial charge in [-0.3, -0.25) is 19.5 Å². The van der Waals surface area contributed by atoms with Crippen LogP contribution in [0.25, 0.3) is 11.3 Å². The molecule has 3 aromatic rings. The van der Waals surface area contributed by atoms with Crippen molar-refractivity contribution in [2.24, 2.45) is 0 Å². The number of benzene rings is 2. The Morgan fingerprint density at radius 1 is 1.07 bits per heavy atom. The van der Waals surface area contributed by atoms with E-state index in [9.17, 15) is 22.8 Å². The number of hydrogen-bond acceptors (Lipinski definition) is 7. The van der Waals surface area contributed by atoms with Gasteiger partial charge in [0.25, 0.3) is 0 Å². The molecular formula is C29H31F3N4O4. The van der Waals surface area contributed by atoms with Crippen LogP contribution in [0.2, 0.25) is 0 Å². The van der Waals surface area contributed by atoms with Crippen molar-refractivity contribution in [3.63, 3.8) is 0 Å². The third kappa shape index (κ3) is 7.57. The number of ketones is 1. The molecule has 212 valence electrons. The molecule has 0 unspecified atom stereocenters. The van der Waals surface area contributed by atoms with Crippen LogP contribution in [-0.4, -0.2) is 74.4 Å². The molecule has 2 aromatic carbocycles. The monoisotopic (exact) mass is 556 g/mol. The summed E-state index contributed by atoms with van der Waals surface area (Å²) in [5.41, 5.74) is 3.27. The summed E-state index contributed by atoms with van der Waals surface area (Å²) in [6.45, 7) is 3.62. The zero-order valence-electron chi connectivity index (χ0n) is 22.5. The van der Waals surface area contributed by atoms with Gasteiger partial charge in [0.1, 0.15) is 0 Å². The van der Waals surface area contributed by atoms with E-state index in [0.717, 1.165) is 23.0 Å². The number of ether oxygens (including phenoxy) is 2. The minimum absolute atomic E-state index is 0.0239. The highest BCUT2D eigenvalue weighted by Gasteiger charge is 2.33. The molecule has 0 radical (unpaired) electrons. The molecule has 0 aliphatic carbocycles. The molecule has 11 heteroatoms. The predicted octanol–water partition coefficient (Wildman–Crippen LogP) is 4.80. The number of morpholine rings is 1. The van der Waals surface area contributed by atoms with Gasteiger partial charge in [-0.2, -0.15) is 0 Å². The summed E-state index contributed by atoms with van der Waals surface area (Å²) < 4.78 is 48.5. The number of amides is 1. The Labute approximate surface area is 230 Å². The SMILES string of the molecule is C[C@H](C(=O)Nc1cc(C(=O)Cc2ccc(-c3ccc(N(C)C)cc3)nc2)ccc1OC(F)(F)F)N1CCOCC1. The number of nitrogens with zero attached hydrogens (tertiary/aromatic N) is 3. The van der Waals surface area contributed by atoms with Crippen LogP contribution in [0.5, 0.6) is 5.75 Å². The van der Waals surface area contributed by atoms with Crippen molar-refractivity contribution >= 4 is 23.1 Å². The quantitative estimate of drug-likeness (QED) is 0.379. The fourth-order valence-electron chi connectivity index (χ4n) is 4.30. The number of hydrogen-bond donors (Lipinski definition) is 1. The lowest BCUT2D eigenvalue weighted by atomic mass is 10.0. The molecule has 1 aliphatic heterocycles. The van der Waals surface area contributed by atoms with Gasteiger partial charge < -0.3 is 19.7 Å². The van der Waals surface area contributed by atoms with Gasteiger partial charge in [0.05, 0.1) is 30.6 Å². The van der Waals surface area contributed by atoms with Gasteiger partial charge in [0.2, 0.25) is 5.91 Å². The minimum Gasteiger partial charge on any atom is -0.404 e. The maximum absolute atomic E-state index is 13.1. The van der Waals surface area contributed by atoms with Crippen LogP contribution in [0, 0.1) is 0 Å². The summed E-state index contributed by atoms with van der Waals surface area (Å²) in [4.78, 5) is 34.3. The van der Waals surface area contributed by atoms with Gasteiger partial charge in [-0.05, 0) is 48.9 Å². The zero-order valence-corrected chi connectivity index (χ0v) is 22.5. The maximum Gasteiger partial charge on any atom is 0.573 e. The Bertz CT molecular complexity index is 1320. The van der Waals surface area contributed by atoms with Gasteiger partial charge in [-0.1, -0.05) is 18.2 Å². The average molecular weight is 557 g/mol. The predicted molar refractivity (Wildman–Crippen MR) is 146 cm³/mol. The van der Waals surface area contributed by atoms with Crippen molar-refractivity contribution in [2.75, 3.05) is 50.6 Å². The number of nitrogens with one attached hydrogen (secondary N) is 1. The van der Waals surface area contributed by atoms with Crippen molar-refractivity contribution in [2.45, 2.75) is 25.7 Å². The second-order valence-electron chi connectivity index (χ2n) is 9.67. The summed E-state index contributed by atoms with van der Waals surface area (Å²) in [6, 6.07) is 14.4. The smallest absolute Gasteiger partial charge is 0.404 e. The fraction of sp³-hybridized carbons (Fsp3) is 0.345. The van der Waals surface area contributed by atoms with Crippen LogP contribution in [0.3, 0.4) is 0 Å². The molecule has 1 fully saturated rings. The molecule has 1 amide bonds. The minimum atomic E-state index is -4.97. The lowest BCUT2D eigenvalue weighted by Crippen LogP contribution is -2.47. The Hall–Kier alpha value is -3.96. The second kappa shape index (κ2) is 12.5. The number of alkyl halides is 3. The normalized spacial score (nSPS) is 14.8. The molecular weight excluding hydrogens is 525 g/mol. The molecule has 1 saturated heterocycles. The molecule has 0 bridgehead atoms. The molecule has 1 atom stereocenters. The molecule has 0 spiro atoms. The first kappa shape index (κ1) is 29.0.